The monoisotopic (exact) mass is 195 g/mol. The van der Waals surface area contributed by atoms with Crippen LogP contribution in [0.2, 0.25) is 0 Å². The fourth-order valence-electron chi connectivity index (χ4n) is 1.60. The van der Waals surface area contributed by atoms with E-state index in [1.165, 1.54) is 0 Å². The smallest absolute Gasteiger partial charge is 0.109 e. The van der Waals surface area contributed by atoms with E-state index in [0.29, 0.717) is 0 Å². The number of aromatic amines is 1. The normalized spacial score (nSPS) is 10.7. The molecule has 0 bridgehead atoms. The van der Waals surface area contributed by atoms with Gasteiger partial charge in [-0.2, -0.15) is 5.10 Å². The Kier molecular flexibility index (Phi) is 1.75. The van der Waals surface area contributed by atoms with Crippen LogP contribution < -0.4 is 0 Å². The van der Waals surface area contributed by atoms with Gasteiger partial charge in [0.05, 0.1) is 17.4 Å². The largest absolute Gasteiger partial charge is 0.276 e. The second kappa shape index (κ2) is 3.20. The maximum absolute atomic E-state index is 4.51. The van der Waals surface area contributed by atoms with E-state index in [2.05, 4.69) is 15.2 Å². The van der Waals surface area contributed by atoms with Crippen LogP contribution in [0.4, 0.5) is 0 Å². The van der Waals surface area contributed by atoms with Crippen molar-refractivity contribution >= 4 is 11.0 Å². The molecule has 0 aliphatic heterocycles. The zero-order valence-electron chi connectivity index (χ0n) is 8.01. The van der Waals surface area contributed by atoms with Crippen molar-refractivity contribution in [1.82, 2.24) is 15.2 Å². The molecule has 2 aromatic heterocycles. The second-order valence-corrected chi connectivity index (χ2v) is 3.37. The summed E-state index contributed by atoms with van der Waals surface area (Å²) in [6.07, 6.45) is 1.74. The third-order valence-corrected chi connectivity index (χ3v) is 2.37. The standard InChI is InChI=1S/C12H9N3/c1-2-4-9(5-3-1)10-6-7-11-12(14-10)8-13-15-11/h1-8H,(H,13,15). The maximum atomic E-state index is 4.51. The average molecular weight is 195 g/mol. The first-order chi connectivity index (χ1) is 7.43. The molecule has 1 N–H and O–H groups in total. The molecule has 0 fully saturated rings. The number of aromatic nitrogens is 3. The van der Waals surface area contributed by atoms with Gasteiger partial charge in [-0.3, -0.25) is 5.10 Å². The van der Waals surface area contributed by atoms with Gasteiger partial charge in [0, 0.05) is 5.56 Å². The van der Waals surface area contributed by atoms with Gasteiger partial charge in [0.1, 0.15) is 5.52 Å². The highest BCUT2D eigenvalue weighted by molar-refractivity contribution is 5.77. The van der Waals surface area contributed by atoms with Crippen LogP contribution >= 0.6 is 0 Å². The third kappa shape index (κ3) is 1.38. The lowest BCUT2D eigenvalue weighted by Crippen LogP contribution is -1.82. The molecule has 0 aliphatic rings. The Balaban J connectivity index is 2.19. The molecule has 3 heteroatoms. The predicted octanol–water partition coefficient (Wildman–Crippen LogP) is 2.62. The van der Waals surface area contributed by atoms with Gasteiger partial charge in [0.2, 0.25) is 0 Å². The fourth-order valence-corrected chi connectivity index (χ4v) is 1.60. The summed E-state index contributed by atoms with van der Waals surface area (Å²) in [4.78, 5) is 4.51. The number of hydrogen-bond donors (Lipinski definition) is 1. The quantitative estimate of drug-likeness (QED) is 0.648. The highest BCUT2D eigenvalue weighted by atomic mass is 15.1. The van der Waals surface area contributed by atoms with Crippen LogP contribution in [0.15, 0.2) is 48.7 Å². The van der Waals surface area contributed by atoms with Gasteiger partial charge in [0.25, 0.3) is 0 Å². The van der Waals surface area contributed by atoms with Crippen LogP contribution in [0, 0.1) is 0 Å². The number of benzene rings is 1. The number of H-pyrrole nitrogens is 1. The van der Waals surface area contributed by atoms with Gasteiger partial charge in [-0.15, -0.1) is 0 Å². The first kappa shape index (κ1) is 8.17. The molecule has 0 saturated carbocycles. The van der Waals surface area contributed by atoms with Crippen molar-refractivity contribution in [2.24, 2.45) is 0 Å². The van der Waals surface area contributed by atoms with E-state index >= 15 is 0 Å². The molecule has 3 aromatic rings. The van der Waals surface area contributed by atoms with E-state index in [0.717, 1.165) is 22.3 Å². The minimum Gasteiger partial charge on any atom is -0.276 e. The molecule has 72 valence electrons. The second-order valence-electron chi connectivity index (χ2n) is 3.37. The van der Waals surface area contributed by atoms with E-state index in [-0.39, 0.29) is 0 Å². The van der Waals surface area contributed by atoms with Crippen LogP contribution in [-0.2, 0) is 0 Å². The van der Waals surface area contributed by atoms with Crippen LogP contribution in [0.25, 0.3) is 22.3 Å². The molecule has 0 spiro atoms. The SMILES string of the molecule is c1ccc(-c2ccc3[nH]ncc3n2)cc1. The molecule has 3 nitrogen and oxygen atoms in total. The Hall–Kier alpha value is -2.16. The number of nitrogens with zero attached hydrogens (tertiary/aromatic N) is 2. The van der Waals surface area contributed by atoms with Crippen molar-refractivity contribution < 1.29 is 0 Å². The molecule has 0 unspecified atom stereocenters. The molecule has 0 atom stereocenters. The van der Waals surface area contributed by atoms with Gasteiger partial charge in [0.15, 0.2) is 0 Å². The summed E-state index contributed by atoms with van der Waals surface area (Å²) in [7, 11) is 0. The Morgan fingerprint density at radius 1 is 0.933 bits per heavy atom. The van der Waals surface area contributed by atoms with E-state index in [4.69, 9.17) is 0 Å². The summed E-state index contributed by atoms with van der Waals surface area (Å²) in [6, 6.07) is 14.1. The minimum absolute atomic E-state index is 0.899. The topological polar surface area (TPSA) is 41.6 Å². The Bertz CT molecular complexity index is 584. The third-order valence-electron chi connectivity index (χ3n) is 2.37. The molecule has 3 rings (SSSR count). The average Bonchev–Trinajstić information content (AvgIpc) is 2.77. The lowest BCUT2D eigenvalue weighted by molar-refractivity contribution is 1.12. The van der Waals surface area contributed by atoms with Crippen molar-refractivity contribution in [2.45, 2.75) is 0 Å². The molecule has 1 aromatic carbocycles. The fraction of sp³-hybridized carbons (Fsp3) is 0. The zero-order chi connectivity index (χ0) is 10.1. The minimum atomic E-state index is 0.899. The summed E-state index contributed by atoms with van der Waals surface area (Å²) in [5, 5.41) is 6.83. The predicted molar refractivity (Wildman–Crippen MR) is 59.3 cm³/mol. The highest BCUT2D eigenvalue weighted by Gasteiger charge is 2.01. The first-order valence-corrected chi connectivity index (χ1v) is 4.79. The Morgan fingerprint density at radius 3 is 2.67 bits per heavy atom. The molecule has 0 saturated heterocycles. The number of pyridine rings is 1. The van der Waals surface area contributed by atoms with Gasteiger partial charge in [-0.25, -0.2) is 4.98 Å². The lowest BCUT2D eigenvalue weighted by Gasteiger charge is -1.99. The molecule has 0 amide bonds. The molecule has 0 aliphatic carbocycles. The Morgan fingerprint density at radius 2 is 1.80 bits per heavy atom. The summed E-state index contributed by atoms with van der Waals surface area (Å²) >= 11 is 0. The summed E-state index contributed by atoms with van der Waals surface area (Å²) in [5.74, 6) is 0. The zero-order valence-corrected chi connectivity index (χ0v) is 8.01. The van der Waals surface area contributed by atoms with Crippen LogP contribution in [0.1, 0.15) is 0 Å². The highest BCUT2D eigenvalue weighted by Crippen LogP contribution is 2.18. The van der Waals surface area contributed by atoms with Crippen molar-refractivity contribution in [1.29, 1.82) is 0 Å². The van der Waals surface area contributed by atoms with Gasteiger partial charge < -0.3 is 0 Å². The number of nitrogens with one attached hydrogen (secondary N) is 1. The molecule has 15 heavy (non-hydrogen) atoms. The summed E-state index contributed by atoms with van der Waals surface area (Å²) in [6.45, 7) is 0. The lowest BCUT2D eigenvalue weighted by atomic mass is 10.1. The number of hydrogen-bond acceptors (Lipinski definition) is 2. The van der Waals surface area contributed by atoms with Crippen LogP contribution in [0.5, 0.6) is 0 Å². The summed E-state index contributed by atoms with van der Waals surface area (Å²) in [5.41, 5.74) is 3.97. The molecular weight excluding hydrogens is 186 g/mol. The van der Waals surface area contributed by atoms with Crippen molar-refractivity contribution in [3.8, 4) is 11.3 Å². The van der Waals surface area contributed by atoms with Gasteiger partial charge in [-0.05, 0) is 12.1 Å². The number of rotatable bonds is 1. The van der Waals surface area contributed by atoms with Crippen molar-refractivity contribution in [2.75, 3.05) is 0 Å². The van der Waals surface area contributed by atoms with E-state index in [1.54, 1.807) is 6.20 Å². The molecule has 2 heterocycles. The number of fused-ring (bicyclic) bond motifs is 1. The van der Waals surface area contributed by atoms with Gasteiger partial charge in [-0.1, -0.05) is 30.3 Å². The van der Waals surface area contributed by atoms with E-state index < -0.39 is 0 Å². The van der Waals surface area contributed by atoms with Crippen molar-refractivity contribution in [3.63, 3.8) is 0 Å². The van der Waals surface area contributed by atoms with E-state index in [1.807, 2.05) is 42.5 Å². The molecule has 0 radical (unpaired) electrons. The molecular formula is C12H9N3. The van der Waals surface area contributed by atoms with Crippen LogP contribution in [-0.4, -0.2) is 15.2 Å². The van der Waals surface area contributed by atoms with Crippen molar-refractivity contribution in [3.05, 3.63) is 48.7 Å². The Labute approximate surface area is 86.8 Å². The summed E-state index contributed by atoms with van der Waals surface area (Å²) < 4.78 is 0. The maximum Gasteiger partial charge on any atom is 0.109 e. The van der Waals surface area contributed by atoms with Crippen LogP contribution in [0.3, 0.4) is 0 Å². The van der Waals surface area contributed by atoms with E-state index in [9.17, 15) is 0 Å². The first-order valence-electron chi connectivity index (χ1n) is 4.79. The van der Waals surface area contributed by atoms with Gasteiger partial charge >= 0.3 is 0 Å².